The van der Waals surface area contributed by atoms with Gasteiger partial charge in [-0.2, -0.15) is 0 Å². The van der Waals surface area contributed by atoms with Gasteiger partial charge in [-0.25, -0.2) is 0 Å². The first-order chi connectivity index (χ1) is 9.15. The fourth-order valence-electron chi connectivity index (χ4n) is 2.22. The van der Waals surface area contributed by atoms with E-state index >= 15 is 0 Å². The minimum atomic E-state index is -0.0781. The van der Waals surface area contributed by atoms with Crippen molar-refractivity contribution in [2.24, 2.45) is 0 Å². The molecule has 0 saturated heterocycles. The minimum Gasteiger partial charge on any atom is -0.483 e. The molecule has 1 saturated carbocycles. The standard InChI is InChI=1S/C15H21NO3/c1-3-16(13-5-6-13)15(18)10-19-14-7-4-11(2)8-12(14)9-17/h4,7-8,13,17H,3,5-6,9-10H2,1-2H3. The second kappa shape index (κ2) is 6.06. The third kappa shape index (κ3) is 3.47. The molecule has 0 atom stereocenters. The summed E-state index contributed by atoms with van der Waals surface area (Å²) in [4.78, 5) is 13.9. The van der Waals surface area contributed by atoms with E-state index in [1.807, 2.05) is 36.9 Å². The summed E-state index contributed by atoms with van der Waals surface area (Å²) in [5, 5.41) is 9.29. The first kappa shape index (κ1) is 13.9. The number of benzene rings is 1. The van der Waals surface area contributed by atoms with E-state index in [9.17, 15) is 9.90 Å². The Morgan fingerprint density at radius 2 is 2.21 bits per heavy atom. The number of hydrogen-bond donors (Lipinski definition) is 1. The number of hydrogen-bond acceptors (Lipinski definition) is 3. The summed E-state index contributed by atoms with van der Waals surface area (Å²) in [6, 6.07) is 6.01. The minimum absolute atomic E-state index is 0.0227. The van der Waals surface area contributed by atoms with Crippen LogP contribution in [0.1, 0.15) is 30.9 Å². The van der Waals surface area contributed by atoms with Crippen molar-refractivity contribution >= 4 is 5.91 Å². The molecule has 1 aliphatic rings. The quantitative estimate of drug-likeness (QED) is 0.852. The number of amides is 1. The molecule has 0 unspecified atom stereocenters. The van der Waals surface area contributed by atoms with Crippen LogP contribution in [-0.2, 0) is 11.4 Å². The van der Waals surface area contributed by atoms with Gasteiger partial charge in [-0.1, -0.05) is 17.7 Å². The smallest absolute Gasteiger partial charge is 0.260 e. The van der Waals surface area contributed by atoms with Gasteiger partial charge in [0.25, 0.3) is 5.91 Å². The fraction of sp³-hybridized carbons (Fsp3) is 0.533. The Bertz CT molecular complexity index is 455. The molecule has 0 bridgehead atoms. The van der Waals surface area contributed by atoms with Gasteiger partial charge >= 0.3 is 0 Å². The Kier molecular flexibility index (Phi) is 4.43. The van der Waals surface area contributed by atoms with Crippen molar-refractivity contribution in [3.63, 3.8) is 0 Å². The number of aryl methyl sites for hydroxylation is 1. The van der Waals surface area contributed by atoms with Crippen LogP contribution < -0.4 is 4.74 Å². The van der Waals surface area contributed by atoms with Gasteiger partial charge in [-0.15, -0.1) is 0 Å². The van der Waals surface area contributed by atoms with Crippen LogP contribution >= 0.6 is 0 Å². The topological polar surface area (TPSA) is 49.8 Å². The predicted octanol–water partition coefficient (Wildman–Crippen LogP) is 1.88. The third-order valence-corrected chi connectivity index (χ3v) is 3.39. The van der Waals surface area contributed by atoms with E-state index in [1.165, 1.54) is 0 Å². The van der Waals surface area contributed by atoms with E-state index in [2.05, 4.69) is 0 Å². The maximum Gasteiger partial charge on any atom is 0.260 e. The molecule has 4 nitrogen and oxygen atoms in total. The molecule has 1 aromatic carbocycles. The van der Waals surface area contributed by atoms with Crippen molar-refractivity contribution in [3.8, 4) is 5.75 Å². The molecule has 19 heavy (non-hydrogen) atoms. The van der Waals surface area contributed by atoms with Crippen molar-refractivity contribution in [1.29, 1.82) is 0 Å². The van der Waals surface area contributed by atoms with Gasteiger partial charge in [-0.05, 0) is 32.8 Å². The molecule has 0 heterocycles. The number of carbonyl (C=O) groups is 1. The highest BCUT2D eigenvalue weighted by molar-refractivity contribution is 5.78. The van der Waals surface area contributed by atoms with Gasteiger partial charge in [-0.3, -0.25) is 4.79 Å². The summed E-state index contributed by atoms with van der Waals surface area (Å²) in [6.07, 6.45) is 2.21. The van der Waals surface area contributed by atoms with Crippen LogP contribution in [0.5, 0.6) is 5.75 Å². The molecule has 1 aliphatic carbocycles. The molecule has 0 aromatic heterocycles. The Balaban J connectivity index is 1.96. The number of rotatable bonds is 6. The van der Waals surface area contributed by atoms with Crippen molar-refractivity contribution < 1.29 is 14.6 Å². The average Bonchev–Trinajstić information content (AvgIpc) is 3.22. The highest BCUT2D eigenvalue weighted by Crippen LogP contribution is 2.27. The number of likely N-dealkylation sites (N-methyl/N-ethyl adjacent to an activating group) is 1. The largest absolute Gasteiger partial charge is 0.483 e. The second-order valence-electron chi connectivity index (χ2n) is 4.97. The Morgan fingerprint density at radius 3 is 2.79 bits per heavy atom. The highest BCUT2D eigenvalue weighted by atomic mass is 16.5. The maximum atomic E-state index is 12.0. The number of nitrogens with zero attached hydrogens (tertiary/aromatic N) is 1. The van der Waals surface area contributed by atoms with Crippen molar-refractivity contribution in [3.05, 3.63) is 29.3 Å². The summed E-state index contributed by atoms with van der Waals surface area (Å²) >= 11 is 0. The zero-order valence-electron chi connectivity index (χ0n) is 11.6. The van der Waals surface area contributed by atoms with Crippen LogP contribution in [0.25, 0.3) is 0 Å². The highest BCUT2D eigenvalue weighted by Gasteiger charge is 2.31. The normalized spacial score (nSPS) is 14.3. The van der Waals surface area contributed by atoms with Gasteiger partial charge in [0.1, 0.15) is 5.75 Å². The monoisotopic (exact) mass is 263 g/mol. The Labute approximate surface area is 114 Å². The summed E-state index contributed by atoms with van der Waals surface area (Å²) in [5.74, 6) is 0.614. The Morgan fingerprint density at radius 1 is 1.47 bits per heavy atom. The lowest BCUT2D eigenvalue weighted by Gasteiger charge is -2.20. The van der Waals surface area contributed by atoms with Gasteiger partial charge in [0, 0.05) is 18.2 Å². The van der Waals surface area contributed by atoms with Crippen molar-refractivity contribution in [2.75, 3.05) is 13.2 Å². The van der Waals surface area contributed by atoms with Gasteiger partial charge in [0.05, 0.1) is 6.61 Å². The van der Waals surface area contributed by atoms with E-state index in [0.29, 0.717) is 11.8 Å². The van der Waals surface area contributed by atoms with Gasteiger partial charge in [0.2, 0.25) is 0 Å². The molecule has 0 radical (unpaired) electrons. The zero-order valence-corrected chi connectivity index (χ0v) is 11.6. The van der Waals surface area contributed by atoms with Crippen LogP contribution in [-0.4, -0.2) is 35.1 Å². The summed E-state index contributed by atoms with van der Waals surface area (Å²) in [7, 11) is 0. The molecule has 4 heteroatoms. The van der Waals surface area contributed by atoms with E-state index in [1.54, 1.807) is 0 Å². The summed E-state index contributed by atoms with van der Waals surface area (Å²) in [5.41, 5.74) is 1.79. The number of aliphatic hydroxyl groups excluding tert-OH is 1. The van der Waals surface area contributed by atoms with Gasteiger partial charge < -0.3 is 14.7 Å². The zero-order chi connectivity index (χ0) is 13.8. The number of aliphatic hydroxyl groups is 1. The summed E-state index contributed by atoms with van der Waals surface area (Å²) in [6.45, 7) is 4.64. The molecular formula is C15H21NO3. The van der Waals surface area contributed by atoms with E-state index in [4.69, 9.17) is 4.74 Å². The number of ether oxygens (including phenoxy) is 1. The lowest BCUT2D eigenvalue weighted by molar-refractivity contribution is -0.133. The molecule has 1 N–H and O–H groups in total. The van der Waals surface area contributed by atoms with Crippen LogP contribution in [0.2, 0.25) is 0 Å². The van der Waals surface area contributed by atoms with E-state index < -0.39 is 0 Å². The Hall–Kier alpha value is -1.55. The lowest BCUT2D eigenvalue weighted by atomic mass is 10.1. The fourth-order valence-corrected chi connectivity index (χ4v) is 2.22. The van der Waals surface area contributed by atoms with Crippen LogP contribution in [0.4, 0.5) is 0 Å². The molecule has 1 amide bonds. The molecular weight excluding hydrogens is 242 g/mol. The van der Waals surface area contributed by atoms with Crippen molar-refractivity contribution in [1.82, 2.24) is 4.90 Å². The maximum absolute atomic E-state index is 12.0. The van der Waals surface area contributed by atoms with E-state index in [0.717, 1.165) is 30.5 Å². The van der Waals surface area contributed by atoms with Crippen LogP contribution in [0.3, 0.4) is 0 Å². The molecule has 2 rings (SSSR count). The van der Waals surface area contributed by atoms with Crippen LogP contribution in [0, 0.1) is 6.92 Å². The first-order valence-corrected chi connectivity index (χ1v) is 6.78. The number of carbonyl (C=O) groups excluding carboxylic acids is 1. The summed E-state index contributed by atoms with van der Waals surface area (Å²) < 4.78 is 5.55. The molecule has 0 aliphatic heterocycles. The third-order valence-electron chi connectivity index (χ3n) is 3.39. The predicted molar refractivity (Wildman–Crippen MR) is 73.0 cm³/mol. The van der Waals surface area contributed by atoms with Crippen molar-refractivity contribution in [2.45, 2.75) is 39.3 Å². The molecule has 1 fully saturated rings. The first-order valence-electron chi connectivity index (χ1n) is 6.78. The van der Waals surface area contributed by atoms with Crippen LogP contribution in [0.15, 0.2) is 18.2 Å². The van der Waals surface area contributed by atoms with E-state index in [-0.39, 0.29) is 19.1 Å². The molecule has 104 valence electrons. The SMILES string of the molecule is CCN(C(=O)COc1ccc(C)cc1CO)C1CC1. The molecule has 0 spiro atoms. The average molecular weight is 263 g/mol. The van der Waals surface area contributed by atoms with Gasteiger partial charge in [0.15, 0.2) is 6.61 Å². The second-order valence-corrected chi connectivity index (χ2v) is 4.97. The molecule has 1 aromatic rings. The lowest BCUT2D eigenvalue weighted by Crippen LogP contribution is -2.36.